The van der Waals surface area contributed by atoms with Gasteiger partial charge in [0.1, 0.15) is 0 Å². The first-order valence-corrected chi connectivity index (χ1v) is 7.48. The van der Waals surface area contributed by atoms with Gasteiger partial charge in [-0.05, 0) is 26.7 Å². The molecule has 1 aromatic heterocycles. The number of nitrogens with zero attached hydrogens (tertiary/aromatic N) is 1. The molecule has 1 rings (SSSR count). The summed E-state index contributed by atoms with van der Waals surface area (Å²) in [6.07, 6.45) is 2.28. The number of thiazole rings is 1. The molecular weight excluding hydrogens is 262 g/mol. The van der Waals surface area contributed by atoms with Crippen molar-refractivity contribution in [2.45, 2.75) is 46.1 Å². The Hall–Kier alpha value is -1.14. The van der Waals surface area contributed by atoms with Crippen LogP contribution in [0.2, 0.25) is 0 Å². The van der Waals surface area contributed by atoms with Crippen LogP contribution in [0.1, 0.15) is 35.8 Å². The van der Waals surface area contributed by atoms with E-state index in [1.54, 1.807) is 11.3 Å². The number of aromatic nitrogens is 1. The summed E-state index contributed by atoms with van der Waals surface area (Å²) in [5.74, 6) is 0. The monoisotopic (exact) mass is 285 g/mol. The van der Waals surface area contributed by atoms with E-state index < -0.39 is 0 Å². The van der Waals surface area contributed by atoms with E-state index in [4.69, 9.17) is 5.11 Å². The van der Waals surface area contributed by atoms with Crippen molar-refractivity contribution in [3.8, 4) is 0 Å². The molecule has 0 aliphatic carbocycles. The van der Waals surface area contributed by atoms with Gasteiger partial charge >= 0.3 is 6.03 Å². The lowest BCUT2D eigenvalue weighted by Gasteiger charge is -2.12. The summed E-state index contributed by atoms with van der Waals surface area (Å²) >= 11 is 1.70. The van der Waals surface area contributed by atoms with Crippen molar-refractivity contribution in [1.82, 2.24) is 15.6 Å². The molecular formula is C13H23N3O2S. The van der Waals surface area contributed by atoms with Gasteiger partial charge < -0.3 is 15.7 Å². The third-order valence-corrected chi connectivity index (χ3v) is 3.91. The summed E-state index contributed by atoms with van der Waals surface area (Å²) in [7, 11) is 0. The zero-order valence-corrected chi connectivity index (χ0v) is 12.6. The minimum atomic E-state index is -0.190. The third-order valence-electron chi connectivity index (χ3n) is 2.84. The molecule has 2 amide bonds. The van der Waals surface area contributed by atoms with E-state index in [0.717, 1.165) is 23.5 Å². The fourth-order valence-corrected chi connectivity index (χ4v) is 2.77. The number of urea groups is 1. The average molecular weight is 285 g/mol. The van der Waals surface area contributed by atoms with Crippen LogP contribution >= 0.6 is 11.3 Å². The summed E-state index contributed by atoms with van der Waals surface area (Å²) in [6, 6.07) is -0.205. The SMILES string of the molecule is CCc1nc(CCNC(=O)N[C@H](C)CCO)sc1C. The van der Waals surface area contributed by atoms with Crippen molar-refractivity contribution in [1.29, 1.82) is 0 Å². The Bertz CT molecular complexity index is 407. The van der Waals surface area contributed by atoms with Crippen molar-refractivity contribution in [3.63, 3.8) is 0 Å². The van der Waals surface area contributed by atoms with Crippen LogP contribution in [0.3, 0.4) is 0 Å². The molecule has 19 heavy (non-hydrogen) atoms. The molecule has 6 heteroatoms. The van der Waals surface area contributed by atoms with Gasteiger partial charge in [0.25, 0.3) is 0 Å². The summed E-state index contributed by atoms with van der Waals surface area (Å²) in [5.41, 5.74) is 1.15. The number of rotatable bonds is 7. The molecule has 0 saturated heterocycles. The molecule has 108 valence electrons. The lowest BCUT2D eigenvalue weighted by molar-refractivity contribution is 0.231. The summed E-state index contributed by atoms with van der Waals surface area (Å²) < 4.78 is 0. The number of nitrogens with one attached hydrogen (secondary N) is 2. The van der Waals surface area contributed by atoms with E-state index in [2.05, 4.69) is 29.5 Å². The maximum atomic E-state index is 11.5. The van der Waals surface area contributed by atoms with Crippen LogP contribution in [0.25, 0.3) is 0 Å². The Balaban J connectivity index is 2.27. The van der Waals surface area contributed by atoms with Gasteiger partial charge in [-0.1, -0.05) is 6.92 Å². The Labute approximate surface area is 118 Å². The largest absolute Gasteiger partial charge is 0.396 e. The molecule has 1 aromatic rings. The van der Waals surface area contributed by atoms with Gasteiger partial charge in [-0.25, -0.2) is 9.78 Å². The average Bonchev–Trinajstić information content (AvgIpc) is 2.69. The highest BCUT2D eigenvalue weighted by Gasteiger charge is 2.08. The number of hydrogen-bond donors (Lipinski definition) is 3. The molecule has 3 N–H and O–H groups in total. The third kappa shape index (κ3) is 5.57. The zero-order valence-electron chi connectivity index (χ0n) is 11.8. The Morgan fingerprint density at radius 3 is 2.84 bits per heavy atom. The number of carbonyl (C=O) groups excluding carboxylic acids is 1. The van der Waals surface area contributed by atoms with Crippen LogP contribution < -0.4 is 10.6 Å². The molecule has 0 aliphatic heterocycles. The fraction of sp³-hybridized carbons (Fsp3) is 0.692. The van der Waals surface area contributed by atoms with Gasteiger partial charge in [0.15, 0.2) is 0 Å². The molecule has 0 fully saturated rings. The van der Waals surface area contributed by atoms with E-state index >= 15 is 0 Å². The van der Waals surface area contributed by atoms with E-state index in [-0.39, 0.29) is 18.7 Å². The van der Waals surface area contributed by atoms with Crippen molar-refractivity contribution >= 4 is 17.4 Å². The number of aliphatic hydroxyl groups excluding tert-OH is 1. The quantitative estimate of drug-likeness (QED) is 0.713. The summed E-state index contributed by atoms with van der Waals surface area (Å²) in [4.78, 5) is 17.3. The number of aliphatic hydroxyl groups is 1. The Morgan fingerprint density at radius 1 is 1.53 bits per heavy atom. The van der Waals surface area contributed by atoms with E-state index in [1.165, 1.54) is 4.88 Å². The fourth-order valence-electron chi connectivity index (χ4n) is 1.75. The molecule has 5 nitrogen and oxygen atoms in total. The van der Waals surface area contributed by atoms with Crippen LogP contribution in [0, 0.1) is 6.92 Å². The van der Waals surface area contributed by atoms with Crippen molar-refractivity contribution < 1.29 is 9.90 Å². The maximum absolute atomic E-state index is 11.5. The first-order chi connectivity index (χ1) is 9.06. The molecule has 1 atom stereocenters. The second kappa shape index (κ2) is 8.12. The van der Waals surface area contributed by atoms with Crippen LogP contribution in [-0.4, -0.2) is 35.3 Å². The Kier molecular flexibility index (Phi) is 6.80. The minimum absolute atomic E-state index is 0.0150. The van der Waals surface area contributed by atoms with Crippen LogP contribution in [0.15, 0.2) is 0 Å². The predicted molar refractivity (Wildman–Crippen MR) is 77.6 cm³/mol. The highest BCUT2D eigenvalue weighted by atomic mass is 32.1. The molecule has 0 aliphatic rings. The smallest absolute Gasteiger partial charge is 0.315 e. The predicted octanol–water partition coefficient (Wildman–Crippen LogP) is 1.63. The number of amides is 2. The van der Waals surface area contributed by atoms with E-state index in [1.807, 2.05) is 6.92 Å². The van der Waals surface area contributed by atoms with E-state index in [9.17, 15) is 4.79 Å². The van der Waals surface area contributed by atoms with Gasteiger partial charge in [0.05, 0.1) is 10.7 Å². The van der Waals surface area contributed by atoms with Gasteiger partial charge in [-0.2, -0.15) is 0 Å². The lowest BCUT2D eigenvalue weighted by atomic mass is 10.2. The topological polar surface area (TPSA) is 74.2 Å². The molecule has 0 bridgehead atoms. The van der Waals surface area contributed by atoms with Gasteiger partial charge in [-0.3, -0.25) is 0 Å². The van der Waals surface area contributed by atoms with Crippen LogP contribution in [-0.2, 0) is 12.8 Å². The highest BCUT2D eigenvalue weighted by molar-refractivity contribution is 7.11. The minimum Gasteiger partial charge on any atom is -0.396 e. The standard InChI is InChI=1S/C13H23N3O2S/c1-4-11-10(3)19-12(16-11)5-7-14-13(18)15-9(2)6-8-17/h9,17H,4-8H2,1-3H3,(H2,14,15,18)/t9-/m1/s1. The van der Waals surface area contributed by atoms with Crippen LogP contribution in [0.4, 0.5) is 4.79 Å². The van der Waals surface area contributed by atoms with Crippen molar-refractivity contribution in [2.24, 2.45) is 0 Å². The second-order valence-electron chi connectivity index (χ2n) is 4.53. The number of hydrogen-bond acceptors (Lipinski definition) is 4. The molecule has 0 spiro atoms. The van der Waals surface area contributed by atoms with Crippen LogP contribution in [0.5, 0.6) is 0 Å². The van der Waals surface area contributed by atoms with Gasteiger partial charge in [0.2, 0.25) is 0 Å². The second-order valence-corrected chi connectivity index (χ2v) is 5.82. The van der Waals surface area contributed by atoms with Crippen molar-refractivity contribution in [3.05, 3.63) is 15.6 Å². The number of carbonyl (C=O) groups is 1. The lowest BCUT2D eigenvalue weighted by Crippen LogP contribution is -2.41. The molecule has 0 radical (unpaired) electrons. The first kappa shape index (κ1) is 15.9. The number of aryl methyl sites for hydroxylation is 2. The zero-order chi connectivity index (χ0) is 14.3. The molecule has 0 unspecified atom stereocenters. The molecule has 1 heterocycles. The normalized spacial score (nSPS) is 12.2. The first-order valence-electron chi connectivity index (χ1n) is 6.67. The van der Waals surface area contributed by atoms with E-state index in [0.29, 0.717) is 13.0 Å². The Morgan fingerprint density at radius 2 is 2.26 bits per heavy atom. The maximum Gasteiger partial charge on any atom is 0.315 e. The molecule has 0 aromatic carbocycles. The summed E-state index contributed by atoms with van der Waals surface area (Å²) in [5, 5.41) is 15.4. The van der Waals surface area contributed by atoms with Gasteiger partial charge in [0, 0.05) is 30.5 Å². The molecule has 0 saturated carbocycles. The summed E-state index contributed by atoms with van der Waals surface area (Å²) in [6.45, 7) is 6.71. The van der Waals surface area contributed by atoms with Gasteiger partial charge in [-0.15, -0.1) is 11.3 Å². The van der Waals surface area contributed by atoms with Crippen molar-refractivity contribution in [2.75, 3.05) is 13.2 Å². The highest BCUT2D eigenvalue weighted by Crippen LogP contribution is 2.17.